The summed E-state index contributed by atoms with van der Waals surface area (Å²) in [5, 5.41) is 9.13. The van der Waals surface area contributed by atoms with E-state index in [1.54, 1.807) is 0 Å². The van der Waals surface area contributed by atoms with Crippen LogP contribution in [0.3, 0.4) is 0 Å². The molecular formula is C8H6ClFN2O. The topological polar surface area (TPSA) is 37.5 Å². The molecule has 0 saturated carbocycles. The summed E-state index contributed by atoms with van der Waals surface area (Å²) >= 11 is 5.71. The Hall–Kier alpha value is -1.13. The van der Waals surface area contributed by atoms with E-state index in [9.17, 15) is 4.39 Å². The van der Waals surface area contributed by atoms with Gasteiger partial charge in [0.05, 0.1) is 12.3 Å². The van der Waals surface area contributed by atoms with Crippen molar-refractivity contribution in [2.45, 2.75) is 6.61 Å². The molecule has 13 heavy (non-hydrogen) atoms. The Bertz CT molecular complexity index is 455. The second-order valence-corrected chi connectivity index (χ2v) is 2.94. The maximum absolute atomic E-state index is 12.8. The average molecular weight is 201 g/mol. The van der Waals surface area contributed by atoms with Crippen LogP contribution in [0.4, 0.5) is 4.39 Å². The summed E-state index contributed by atoms with van der Waals surface area (Å²) in [5.41, 5.74) is 0.923. The Morgan fingerprint density at radius 1 is 1.54 bits per heavy atom. The van der Waals surface area contributed by atoms with Gasteiger partial charge in [0.25, 0.3) is 0 Å². The molecule has 0 amide bonds. The van der Waals surface area contributed by atoms with Crippen molar-refractivity contribution < 1.29 is 9.50 Å². The number of aromatic nitrogens is 2. The first kappa shape index (κ1) is 8.47. The summed E-state index contributed by atoms with van der Waals surface area (Å²) in [6, 6.07) is 2.79. The van der Waals surface area contributed by atoms with Crippen molar-refractivity contribution in [2.75, 3.05) is 0 Å². The number of rotatable bonds is 1. The first-order chi connectivity index (χ1) is 6.22. The van der Waals surface area contributed by atoms with Crippen LogP contribution >= 0.6 is 11.6 Å². The van der Waals surface area contributed by atoms with Gasteiger partial charge in [0, 0.05) is 6.20 Å². The molecule has 0 saturated heterocycles. The van der Waals surface area contributed by atoms with Gasteiger partial charge in [-0.15, -0.1) is 0 Å². The molecule has 68 valence electrons. The predicted octanol–water partition coefficient (Wildman–Crippen LogP) is 1.62. The van der Waals surface area contributed by atoms with Gasteiger partial charge in [-0.2, -0.15) is 0 Å². The number of aliphatic hydroxyl groups excluding tert-OH is 1. The van der Waals surface area contributed by atoms with Gasteiger partial charge in [-0.05, 0) is 12.1 Å². The summed E-state index contributed by atoms with van der Waals surface area (Å²) in [5.74, 6) is -0.392. The SMILES string of the molecule is OCc1c(Cl)nc2ccc(F)cn12. The average Bonchev–Trinajstić information content (AvgIpc) is 2.40. The number of aliphatic hydroxyl groups is 1. The summed E-state index contributed by atoms with van der Waals surface area (Å²) < 4.78 is 14.2. The van der Waals surface area contributed by atoms with Crippen molar-refractivity contribution in [3.8, 4) is 0 Å². The van der Waals surface area contributed by atoms with Crippen molar-refractivity contribution in [3.63, 3.8) is 0 Å². The maximum Gasteiger partial charge on any atom is 0.153 e. The Labute approximate surface area is 78.4 Å². The molecule has 0 aliphatic carbocycles. The molecule has 5 heteroatoms. The summed E-state index contributed by atoms with van der Waals surface area (Å²) in [7, 11) is 0. The zero-order chi connectivity index (χ0) is 9.42. The molecular weight excluding hydrogens is 195 g/mol. The standard InChI is InChI=1S/C8H6ClFN2O/c9-8-6(4-13)12-3-5(10)1-2-7(12)11-8/h1-3,13H,4H2. The minimum absolute atomic E-state index is 0.202. The lowest BCUT2D eigenvalue weighted by Crippen LogP contribution is -1.93. The van der Waals surface area contributed by atoms with Crippen molar-refractivity contribution in [1.82, 2.24) is 9.38 Å². The lowest BCUT2D eigenvalue weighted by molar-refractivity contribution is 0.276. The first-order valence-electron chi connectivity index (χ1n) is 3.65. The molecule has 2 aromatic heterocycles. The molecule has 0 aliphatic heterocycles. The fourth-order valence-electron chi connectivity index (χ4n) is 1.18. The molecule has 0 aliphatic rings. The minimum Gasteiger partial charge on any atom is -0.390 e. The normalized spacial score (nSPS) is 11.0. The minimum atomic E-state index is -0.392. The zero-order valence-corrected chi connectivity index (χ0v) is 7.29. The second kappa shape index (κ2) is 2.97. The Morgan fingerprint density at radius 2 is 2.31 bits per heavy atom. The van der Waals surface area contributed by atoms with Crippen LogP contribution in [0.1, 0.15) is 5.69 Å². The van der Waals surface area contributed by atoms with Gasteiger partial charge in [-0.3, -0.25) is 4.40 Å². The third-order valence-electron chi connectivity index (χ3n) is 1.78. The number of pyridine rings is 1. The summed E-state index contributed by atoms with van der Waals surface area (Å²) in [6.07, 6.45) is 1.24. The van der Waals surface area contributed by atoms with E-state index in [1.165, 1.54) is 22.7 Å². The highest BCUT2D eigenvalue weighted by molar-refractivity contribution is 6.30. The maximum atomic E-state index is 12.8. The molecule has 2 aromatic rings. The van der Waals surface area contributed by atoms with Crippen molar-refractivity contribution in [2.24, 2.45) is 0 Å². The van der Waals surface area contributed by atoms with Crippen LogP contribution in [0.15, 0.2) is 18.3 Å². The lowest BCUT2D eigenvalue weighted by atomic mass is 10.4. The third-order valence-corrected chi connectivity index (χ3v) is 2.08. The van der Waals surface area contributed by atoms with Gasteiger partial charge in [0.1, 0.15) is 11.5 Å². The van der Waals surface area contributed by atoms with E-state index >= 15 is 0 Å². The highest BCUT2D eigenvalue weighted by Crippen LogP contribution is 2.17. The van der Waals surface area contributed by atoms with E-state index in [0.717, 1.165) is 0 Å². The van der Waals surface area contributed by atoms with Gasteiger partial charge in [0.2, 0.25) is 0 Å². The van der Waals surface area contributed by atoms with E-state index in [0.29, 0.717) is 11.3 Å². The molecule has 0 radical (unpaired) electrons. The molecule has 0 spiro atoms. The van der Waals surface area contributed by atoms with Crippen LogP contribution in [0.25, 0.3) is 5.65 Å². The number of imidazole rings is 1. The van der Waals surface area contributed by atoms with Crippen molar-refractivity contribution >= 4 is 17.2 Å². The highest BCUT2D eigenvalue weighted by atomic mass is 35.5. The Balaban J connectivity index is 2.80. The number of halogens is 2. The molecule has 0 bridgehead atoms. The molecule has 0 atom stereocenters. The van der Waals surface area contributed by atoms with E-state index in [4.69, 9.17) is 16.7 Å². The number of nitrogens with zero attached hydrogens (tertiary/aromatic N) is 2. The van der Waals surface area contributed by atoms with E-state index < -0.39 is 5.82 Å². The smallest absolute Gasteiger partial charge is 0.153 e. The lowest BCUT2D eigenvalue weighted by Gasteiger charge is -1.97. The van der Waals surface area contributed by atoms with Gasteiger partial charge in [-0.1, -0.05) is 11.6 Å². The fourth-order valence-corrected chi connectivity index (χ4v) is 1.42. The van der Waals surface area contributed by atoms with Gasteiger partial charge in [0.15, 0.2) is 5.15 Å². The summed E-state index contributed by atoms with van der Waals surface area (Å²) in [6.45, 7) is -0.260. The monoisotopic (exact) mass is 200 g/mol. The quantitative estimate of drug-likeness (QED) is 0.760. The van der Waals surface area contributed by atoms with Crippen molar-refractivity contribution in [1.29, 1.82) is 0 Å². The van der Waals surface area contributed by atoms with E-state index in [1.807, 2.05) is 0 Å². The van der Waals surface area contributed by atoms with Crippen LogP contribution in [0, 0.1) is 5.82 Å². The highest BCUT2D eigenvalue weighted by Gasteiger charge is 2.08. The first-order valence-corrected chi connectivity index (χ1v) is 4.03. The molecule has 0 unspecified atom stereocenters. The van der Waals surface area contributed by atoms with Crippen molar-refractivity contribution in [3.05, 3.63) is 35.0 Å². The third kappa shape index (κ3) is 1.28. The van der Waals surface area contributed by atoms with E-state index in [-0.39, 0.29) is 11.8 Å². The molecule has 1 N–H and O–H groups in total. The molecule has 2 heterocycles. The van der Waals surface area contributed by atoms with E-state index in [2.05, 4.69) is 4.98 Å². The van der Waals surface area contributed by atoms with Gasteiger partial charge < -0.3 is 5.11 Å². The fraction of sp³-hybridized carbons (Fsp3) is 0.125. The Kier molecular flexibility index (Phi) is 1.94. The van der Waals surface area contributed by atoms with Crippen LogP contribution in [0.2, 0.25) is 5.15 Å². The molecule has 0 aromatic carbocycles. The molecule has 2 rings (SSSR count). The number of fused-ring (bicyclic) bond motifs is 1. The largest absolute Gasteiger partial charge is 0.390 e. The van der Waals surface area contributed by atoms with Crippen LogP contribution in [-0.4, -0.2) is 14.5 Å². The second-order valence-electron chi connectivity index (χ2n) is 2.58. The zero-order valence-electron chi connectivity index (χ0n) is 6.54. The van der Waals surface area contributed by atoms with Crippen LogP contribution in [-0.2, 0) is 6.61 Å². The predicted molar refractivity (Wildman–Crippen MR) is 46.1 cm³/mol. The van der Waals surface area contributed by atoms with Crippen LogP contribution < -0.4 is 0 Å². The Morgan fingerprint density at radius 3 is 3.00 bits per heavy atom. The van der Waals surface area contributed by atoms with Gasteiger partial charge >= 0.3 is 0 Å². The molecule has 0 fully saturated rings. The summed E-state index contributed by atoms with van der Waals surface area (Å²) in [4.78, 5) is 3.93. The van der Waals surface area contributed by atoms with Crippen LogP contribution in [0.5, 0.6) is 0 Å². The van der Waals surface area contributed by atoms with Gasteiger partial charge in [-0.25, -0.2) is 9.37 Å². The molecule has 3 nitrogen and oxygen atoms in total. The number of hydrogen-bond acceptors (Lipinski definition) is 2. The number of hydrogen-bond donors (Lipinski definition) is 1.